The van der Waals surface area contributed by atoms with E-state index in [0.717, 1.165) is 17.5 Å². The zero-order chi connectivity index (χ0) is 28.3. The third-order valence-electron chi connectivity index (χ3n) is 6.23. The standard InChI is InChI=1S/C27H33N7O5/c1-27(2,3)39-26(37)33-14-6-5-7-19(33)24-32-21(22(23(28)35)34(24)29)16-8-10-17(11-9-16)25(36)31-20-15-18(38-4)12-13-30-20/h8-13,15,19H,5-7,14,29H2,1-4H3,(H2,28,35)(H,30,31,36). The van der Waals surface area contributed by atoms with Crippen molar-refractivity contribution in [3.05, 3.63) is 59.7 Å². The number of methoxy groups -OCH3 is 1. The molecule has 206 valence electrons. The molecular formula is C27H33N7O5. The van der Waals surface area contributed by atoms with Crippen molar-refractivity contribution in [2.75, 3.05) is 24.8 Å². The van der Waals surface area contributed by atoms with Gasteiger partial charge in [-0.2, -0.15) is 0 Å². The summed E-state index contributed by atoms with van der Waals surface area (Å²) < 4.78 is 11.9. The van der Waals surface area contributed by atoms with E-state index in [-0.39, 0.29) is 17.3 Å². The summed E-state index contributed by atoms with van der Waals surface area (Å²) in [5.74, 6) is 6.43. The summed E-state index contributed by atoms with van der Waals surface area (Å²) in [7, 11) is 1.53. The number of anilines is 1. The Bertz CT molecular complexity index is 1380. The number of nitrogens with two attached hydrogens (primary N) is 2. The Balaban J connectivity index is 1.62. The highest BCUT2D eigenvalue weighted by atomic mass is 16.6. The van der Waals surface area contributed by atoms with Gasteiger partial charge in [0.1, 0.15) is 22.9 Å². The van der Waals surface area contributed by atoms with Crippen LogP contribution in [0.3, 0.4) is 0 Å². The van der Waals surface area contributed by atoms with Crippen molar-refractivity contribution in [3.63, 3.8) is 0 Å². The Hall–Kier alpha value is -4.61. The second-order valence-corrected chi connectivity index (χ2v) is 10.2. The highest BCUT2D eigenvalue weighted by Gasteiger charge is 2.36. The Morgan fingerprint density at radius 3 is 2.46 bits per heavy atom. The van der Waals surface area contributed by atoms with E-state index in [9.17, 15) is 14.4 Å². The van der Waals surface area contributed by atoms with Gasteiger partial charge < -0.3 is 26.4 Å². The zero-order valence-electron chi connectivity index (χ0n) is 22.4. The first kappa shape index (κ1) is 27.4. The molecule has 0 bridgehead atoms. The number of benzene rings is 1. The summed E-state index contributed by atoms with van der Waals surface area (Å²) in [6.07, 6.45) is 3.32. The second-order valence-electron chi connectivity index (χ2n) is 10.2. The van der Waals surface area contributed by atoms with E-state index in [0.29, 0.717) is 41.5 Å². The fourth-order valence-electron chi connectivity index (χ4n) is 4.44. The molecule has 2 aromatic heterocycles. The van der Waals surface area contributed by atoms with Crippen molar-refractivity contribution in [2.24, 2.45) is 5.73 Å². The summed E-state index contributed by atoms with van der Waals surface area (Å²) in [5.41, 5.74) is 6.18. The number of aromatic nitrogens is 3. The van der Waals surface area contributed by atoms with E-state index in [4.69, 9.17) is 21.1 Å². The van der Waals surface area contributed by atoms with E-state index >= 15 is 0 Å². The number of likely N-dealkylation sites (tertiary alicyclic amines) is 1. The van der Waals surface area contributed by atoms with Gasteiger partial charge in [0.2, 0.25) is 0 Å². The molecule has 0 spiro atoms. The van der Waals surface area contributed by atoms with Crippen LogP contribution < -0.4 is 21.6 Å². The van der Waals surface area contributed by atoms with E-state index in [1.54, 1.807) is 62.1 Å². The van der Waals surface area contributed by atoms with Crippen LogP contribution in [0, 0.1) is 0 Å². The number of carbonyl (C=O) groups is 3. The molecule has 4 rings (SSSR count). The molecule has 1 atom stereocenters. The average Bonchev–Trinajstić information content (AvgIpc) is 3.25. The van der Waals surface area contributed by atoms with Crippen LogP contribution >= 0.6 is 0 Å². The number of nitrogens with one attached hydrogen (secondary N) is 1. The van der Waals surface area contributed by atoms with Gasteiger partial charge in [-0.15, -0.1) is 0 Å². The summed E-state index contributed by atoms with van der Waals surface area (Å²) in [6, 6.07) is 9.28. The Morgan fingerprint density at radius 2 is 1.82 bits per heavy atom. The molecule has 0 saturated carbocycles. The highest BCUT2D eigenvalue weighted by Crippen LogP contribution is 2.34. The lowest BCUT2D eigenvalue weighted by Crippen LogP contribution is -2.43. The van der Waals surface area contributed by atoms with Crippen LogP contribution in [0.15, 0.2) is 42.6 Å². The number of hydrogen-bond acceptors (Lipinski definition) is 8. The maximum absolute atomic E-state index is 13.0. The fourth-order valence-corrected chi connectivity index (χ4v) is 4.44. The number of piperidine rings is 1. The smallest absolute Gasteiger partial charge is 0.410 e. The minimum Gasteiger partial charge on any atom is -0.497 e. The number of rotatable bonds is 6. The number of pyridine rings is 1. The molecular weight excluding hydrogens is 502 g/mol. The van der Waals surface area contributed by atoms with Crippen molar-refractivity contribution in [3.8, 4) is 17.0 Å². The van der Waals surface area contributed by atoms with Crippen LogP contribution in [-0.4, -0.2) is 56.7 Å². The quantitative estimate of drug-likeness (QED) is 0.403. The van der Waals surface area contributed by atoms with Crippen LogP contribution in [0.4, 0.5) is 10.6 Å². The van der Waals surface area contributed by atoms with Gasteiger partial charge in [-0.05, 0) is 58.2 Å². The van der Waals surface area contributed by atoms with E-state index in [1.165, 1.54) is 13.3 Å². The minimum atomic E-state index is -0.767. The topological polar surface area (TPSA) is 168 Å². The number of ether oxygens (including phenoxy) is 2. The van der Waals surface area contributed by atoms with Crippen LogP contribution in [0.2, 0.25) is 0 Å². The number of amides is 3. The number of nitrogen functional groups attached to an aromatic ring is 1. The molecule has 1 unspecified atom stereocenters. The molecule has 3 aromatic rings. The minimum absolute atomic E-state index is 0.00232. The number of hydrogen-bond donors (Lipinski definition) is 3. The molecule has 12 nitrogen and oxygen atoms in total. The summed E-state index contributed by atoms with van der Waals surface area (Å²) in [4.78, 5) is 48.5. The Morgan fingerprint density at radius 1 is 1.10 bits per heavy atom. The molecule has 12 heteroatoms. The number of primary amides is 1. The molecule has 0 aliphatic carbocycles. The molecule has 5 N–H and O–H groups in total. The summed E-state index contributed by atoms with van der Waals surface area (Å²) in [6.45, 7) is 5.87. The van der Waals surface area contributed by atoms with Crippen molar-refractivity contribution in [2.45, 2.75) is 51.7 Å². The molecule has 0 radical (unpaired) electrons. The predicted octanol–water partition coefficient (Wildman–Crippen LogP) is 3.48. The van der Waals surface area contributed by atoms with Gasteiger partial charge in [-0.1, -0.05) is 12.1 Å². The fraction of sp³-hybridized carbons (Fsp3) is 0.370. The number of nitrogens with zero attached hydrogens (tertiary/aromatic N) is 4. The zero-order valence-corrected chi connectivity index (χ0v) is 22.4. The average molecular weight is 536 g/mol. The molecule has 1 aliphatic rings. The van der Waals surface area contributed by atoms with E-state index in [1.807, 2.05) is 0 Å². The van der Waals surface area contributed by atoms with Crippen molar-refractivity contribution >= 4 is 23.7 Å². The second kappa shape index (κ2) is 11.0. The van der Waals surface area contributed by atoms with Crippen molar-refractivity contribution in [1.29, 1.82) is 0 Å². The molecule has 1 fully saturated rings. The Kier molecular flexibility index (Phi) is 7.75. The van der Waals surface area contributed by atoms with Gasteiger partial charge >= 0.3 is 6.09 Å². The van der Waals surface area contributed by atoms with Gasteiger partial charge in [-0.25, -0.2) is 19.4 Å². The molecule has 1 aromatic carbocycles. The van der Waals surface area contributed by atoms with Gasteiger partial charge in [0.05, 0.1) is 13.2 Å². The van der Waals surface area contributed by atoms with Gasteiger partial charge in [0.15, 0.2) is 11.5 Å². The first-order chi connectivity index (χ1) is 18.5. The number of carbonyl (C=O) groups excluding carboxylic acids is 3. The molecule has 3 amide bonds. The normalized spacial score (nSPS) is 15.5. The van der Waals surface area contributed by atoms with Crippen LogP contribution in [0.25, 0.3) is 11.3 Å². The van der Waals surface area contributed by atoms with Crippen LogP contribution in [-0.2, 0) is 4.74 Å². The lowest BCUT2D eigenvalue weighted by atomic mass is 10.0. The largest absolute Gasteiger partial charge is 0.497 e. The third kappa shape index (κ3) is 6.11. The monoisotopic (exact) mass is 535 g/mol. The maximum atomic E-state index is 13.0. The van der Waals surface area contributed by atoms with Crippen molar-refractivity contribution in [1.82, 2.24) is 19.5 Å². The van der Waals surface area contributed by atoms with Gasteiger partial charge in [0.25, 0.3) is 11.8 Å². The lowest BCUT2D eigenvalue weighted by Gasteiger charge is -2.36. The van der Waals surface area contributed by atoms with Gasteiger partial charge in [0, 0.05) is 29.9 Å². The van der Waals surface area contributed by atoms with Crippen molar-refractivity contribution < 1.29 is 23.9 Å². The first-order valence-electron chi connectivity index (χ1n) is 12.6. The summed E-state index contributed by atoms with van der Waals surface area (Å²) >= 11 is 0. The molecule has 39 heavy (non-hydrogen) atoms. The first-order valence-corrected chi connectivity index (χ1v) is 12.6. The predicted molar refractivity (Wildman–Crippen MR) is 145 cm³/mol. The number of imidazole rings is 1. The Labute approximate surface area is 226 Å². The van der Waals surface area contributed by atoms with E-state index in [2.05, 4.69) is 15.3 Å². The van der Waals surface area contributed by atoms with Crippen LogP contribution in [0.5, 0.6) is 5.75 Å². The molecule has 1 aliphatic heterocycles. The summed E-state index contributed by atoms with van der Waals surface area (Å²) in [5, 5.41) is 2.72. The van der Waals surface area contributed by atoms with E-state index < -0.39 is 23.6 Å². The SMILES string of the molecule is COc1ccnc(NC(=O)c2ccc(-c3nc(C4CCCCN4C(=O)OC(C)(C)C)n(N)c3C(N)=O)cc2)c1. The third-order valence-corrected chi connectivity index (χ3v) is 6.23. The van der Waals surface area contributed by atoms with Crippen LogP contribution in [0.1, 0.15) is 72.7 Å². The van der Waals surface area contributed by atoms with Gasteiger partial charge in [-0.3, -0.25) is 14.5 Å². The molecule has 1 saturated heterocycles. The molecule has 3 heterocycles. The maximum Gasteiger partial charge on any atom is 0.410 e. The highest BCUT2D eigenvalue weighted by molar-refractivity contribution is 6.04. The lowest BCUT2D eigenvalue weighted by molar-refractivity contribution is 0.00821.